The first kappa shape index (κ1) is 13.0. The smallest absolute Gasteiger partial charge is 0.319 e. The summed E-state index contributed by atoms with van der Waals surface area (Å²) >= 11 is 0. The number of carbonyl (C=O) groups excluding carboxylic acids is 1. The zero-order chi connectivity index (χ0) is 12.7. The van der Waals surface area contributed by atoms with Gasteiger partial charge in [-0.1, -0.05) is 25.1 Å². The lowest BCUT2D eigenvalue weighted by Crippen LogP contribution is -2.39. The molecule has 2 amide bonds. The van der Waals surface area contributed by atoms with Crippen molar-refractivity contribution in [2.24, 2.45) is 5.73 Å². The Bertz CT molecular complexity index is 377. The standard InChI is InChI=1S/C12H18N4O/c1-2-9(8-11(13)14)15-12(17)16-10-6-4-3-5-7-10/h3-7,9H,2,8H2,1H3,(H3,13,14)(H2,15,16,17). The topological polar surface area (TPSA) is 91.0 Å². The van der Waals surface area contributed by atoms with Crippen molar-refractivity contribution in [1.82, 2.24) is 5.32 Å². The number of amidine groups is 1. The number of amides is 2. The Morgan fingerprint density at radius 3 is 2.59 bits per heavy atom. The third-order valence-corrected chi connectivity index (χ3v) is 2.33. The third kappa shape index (κ3) is 5.01. The molecule has 0 radical (unpaired) electrons. The predicted octanol–water partition coefficient (Wildman–Crippen LogP) is 1.91. The van der Waals surface area contributed by atoms with Gasteiger partial charge in [-0.3, -0.25) is 5.41 Å². The summed E-state index contributed by atoms with van der Waals surface area (Å²) in [6, 6.07) is 8.83. The molecule has 0 bridgehead atoms. The largest absolute Gasteiger partial charge is 0.388 e. The van der Waals surface area contributed by atoms with Crippen LogP contribution in [0.2, 0.25) is 0 Å². The molecule has 0 heterocycles. The molecular weight excluding hydrogens is 216 g/mol. The average Bonchev–Trinajstić information content (AvgIpc) is 2.28. The summed E-state index contributed by atoms with van der Waals surface area (Å²) in [5, 5.41) is 12.7. The molecule has 0 fully saturated rings. The highest BCUT2D eigenvalue weighted by molar-refractivity contribution is 5.89. The van der Waals surface area contributed by atoms with E-state index in [9.17, 15) is 4.79 Å². The van der Waals surface area contributed by atoms with Gasteiger partial charge >= 0.3 is 6.03 Å². The van der Waals surface area contributed by atoms with Crippen molar-refractivity contribution in [3.8, 4) is 0 Å². The van der Waals surface area contributed by atoms with Gasteiger partial charge in [0.25, 0.3) is 0 Å². The van der Waals surface area contributed by atoms with Gasteiger partial charge in [0.2, 0.25) is 0 Å². The van der Waals surface area contributed by atoms with Crippen LogP contribution >= 0.6 is 0 Å². The van der Waals surface area contributed by atoms with Crippen molar-refractivity contribution in [3.05, 3.63) is 30.3 Å². The Morgan fingerprint density at radius 1 is 1.41 bits per heavy atom. The van der Waals surface area contributed by atoms with Crippen LogP contribution < -0.4 is 16.4 Å². The van der Waals surface area contributed by atoms with E-state index in [1.165, 1.54) is 0 Å². The summed E-state index contributed by atoms with van der Waals surface area (Å²) in [6.07, 6.45) is 1.11. The minimum absolute atomic E-state index is 0.0804. The highest BCUT2D eigenvalue weighted by atomic mass is 16.2. The maximum Gasteiger partial charge on any atom is 0.319 e. The highest BCUT2D eigenvalue weighted by Gasteiger charge is 2.11. The van der Waals surface area contributed by atoms with Crippen LogP contribution in [0.5, 0.6) is 0 Å². The monoisotopic (exact) mass is 234 g/mol. The fraction of sp³-hybridized carbons (Fsp3) is 0.333. The maximum absolute atomic E-state index is 11.6. The van der Waals surface area contributed by atoms with Crippen molar-refractivity contribution >= 4 is 17.6 Å². The SMILES string of the molecule is CCC(CC(=N)N)NC(=O)Nc1ccccc1. The lowest BCUT2D eigenvalue weighted by atomic mass is 10.1. The first-order chi connectivity index (χ1) is 8.11. The van der Waals surface area contributed by atoms with Crippen LogP contribution in [0.25, 0.3) is 0 Å². The molecule has 1 aromatic carbocycles. The van der Waals surface area contributed by atoms with Gasteiger partial charge < -0.3 is 16.4 Å². The maximum atomic E-state index is 11.6. The number of hydrogen-bond acceptors (Lipinski definition) is 2. The number of carbonyl (C=O) groups is 1. The van der Waals surface area contributed by atoms with Gasteiger partial charge in [0.15, 0.2) is 0 Å². The zero-order valence-corrected chi connectivity index (χ0v) is 9.86. The molecular formula is C12H18N4O. The number of benzene rings is 1. The van der Waals surface area contributed by atoms with Crippen LogP contribution in [0.3, 0.4) is 0 Å². The number of hydrogen-bond donors (Lipinski definition) is 4. The lowest BCUT2D eigenvalue weighted by Gasteiger charge is -2.16. The fourth-order valence-corrected chi connectivity index (χ4v) is 1.44. The molecule has 1 atom stereocenters. The molecule has 0 saturated carbocycles. The minimum atomic E-state index is -0.274. The molecule has 5 heteroatoms. The molecule has 92 valence electrons. The van der Waals surface area contributed by atoms with E-state index < -0.39 is 0 Å². The van der Waals surface area contributed by atoms with Crippen molar-refractivity contribution in [2.75, 3.05) is 5.32 Å². The number of urea groups is 1. The second-order valence-electron chi connectivity index (χ2n) is 3.80. The Hall–Kier alpha value is -2.04. The van der Waals surface area contributed by atoms with Crippen LogP contribution in [0, 0.1) is 5.41 Å². The van der Waals surface area contributed by atoms with E-state index in [1.54, 1.807) is 0 Å². The van der Waals surface area contributed by atoms with Crippen LogP contribution in [0.15, 0.2) is 30.3 Å². The second-order valence-corrected chi connectivity index (χ2v) is 3.80. The van der Waals surface area contributed by atoms with Gasteiger partial charge in [-0.15, -0.1) is 0 Å². The lowest BCUT2D eigenvalue weighted by molar-refractivity contribution is 0.248. The quantitative estimate of drug-likeness (QED) is 0.463. The summed E-state index contributed by atoms with van der Waals surface area (Å²) in [7, 11) is 0. The van der Waals surface area contributed by atoms with Crippen molar-refractivity contribution in [3.63, 3.8) is 0 Å². The van der Waals surface area contributed by atoms with Crippen molar-refractivity contribution < 1.29 is 4.79 Å². The summed E-state index contributed by atoms with van der Waals surface area (Å²) in [6.45, 7) is 1.94. The molecule has 0 aromatic heterocycles. The molecule has 17 heavy (non-hydrogen) atoms. The van der Waals surface area contributed by atoms with Crippen LogP contribution in [0.1, 0.15) is 19.8 Å². The zero-order valence-electron chi connectivity index (χ0n) is 9.86. The number of anilines is 1. The Morgan fingerprint density at radius 2 is 2.06 bits per heavy atom. The molecule has 0 aliphatic rings. The van der Waals surface area contributed by atoms with E-state index >= 15 is 0 Å². The van der Waals surface area contributed by atoms with Crippen molar-refractivity contribution in [1.29, 1.82) is 5.41 Å². The van der Waals surface area contributed by atoms with Gasteiger partial charge in [-0.2, -0.15) is 0 Å². The van der Waals surface area contributed by atoms with Crippen LogP contribution in [-0.2, 0) is 0 Å². The number of para-hydroxylation sites is 1. The molecule has 1 unspecified atom stereocenters. The Kier molecular flexibility index (Phi) is 5.00. The minimum Gasteiger partial charge on any atom is -0.388 e. The van der Waals surface area contributed by atoms with Crippen molar-refractivity contribution in [2.45, 2.75) is 25.8 Å². The van der Waals surface area contributed by atoms with E-state index in [4.69, 9.17) is 11.1 Å². The Labute approximate surface area is 101 Å². The summed E-state index contributed by atoms with van der Waals surface area (Å²) in [5.74, 6) is 0.0804. The van der Waals surface area contributed by atoms with E-state index in [-0.39, 0.29) is 17.9 Å². The number of rotatable bonds is 5. The first-order valence-electron chi connectivity index (χ1n) is 5.57. The predicted molar refractivity (Wildman–Crippen MR) is 69.2 cm³/mol. The van der Waals surface area contributed by atoms with E-state index in [0.29, 0.717) is 6.42 Å². The van der Waals surface area contributed by atoms with Gasteiger partial charge in [-0.25, -0.2) is 4.79 Å². The highest BCUT2D eigenvalue weighted by Crippen LogP contribution is 2.05. The summed E-state index contributed by atoms with van der Waals surface area (Å²) in [5.41, 5.74) is 6.05. The molecule has 1 aromatic rings. The molecule has 0 saturated heterocycles. The summed E-state index contributed by atoms with van der Waals surface area (Å²) in [4.78, 5) is 11.6. The normalized spacial score (nSPS) is 11.6. The second kappa shape index (κ2) is 6.52. The molecule has 1 rings (SSSR count). The molecule has 5 N–H and O–H groups in total. The molecule has 0 aliphatic carbocycles. The Balaban J connectivity index is 2.45. The fourth-order valence-electron chi connectivity index (χ4n) is 1.44. The first-order valence-corrected chi connectivity index (χ1v) is 5.57. The van der Waals surface area contributed by atoms with E-state index in [1.807, 2.05) is 37.3 Å². The van der Waals surface area contributed by atoms with Gasteiger partial charge in [0.1, 0.15) is 0 Å². The summed E-state index contributed by atoms with van der Waals surface area (Å²) < 4.78 is 0. The van der Waals surface area contributed by atoms with E-state index in [2.05, 4.69) is 10.6 Å². The van der Waals surface area contributed by atoms with Gasteiger partial charge in [-0.05, 0) is 18.6 Å². The third-order valence-electron chi connectivity index (χ3n) is 2.33. The number of nitrogens with one attached hydrogen (secondary N) is 3. The van der Waals surface area contributed by atoms with Crippen LogP contribution in [0.4, 0.5) is 10.5 Å². The van der Waals surface area contributed by atoms with Crippen LogP contribution in [-0.4, -0.2) is 17.9 Å². The number of nitrogens with two attached hydrogens (primary N) is 1. The molecule has 0 aliphatic heterocycles. The van der Waals surface area contributed by atoms with Gasteiger partial charge in [0, 0.05) is 18.2 Å². The molecule has 5 nitrogen and oxygen atoms in total. The average molecular weight is 234 g/mol. The van der Waals surface area contributed by atoms with E-state index in [0.717, 1.165) is 12.1 Å². The molecule has 0 spiro atoms. The van der Waals surface area contributed by atoms with Gasteiger partial charge in [0.05, 0.1) is 5.84 Å².